The van der Waals surface area contributed by atoms with Gasteiger partial charge in [-0.1, -0.05) is 24.8 Å². The molecule has 0 bridgehead atoms. The molecule has 1 rings (SSSR count). The minimum Gasteiger partial charge on any atom is -0.343 e. The van der Waals surface area contributed by atoms with Crippen LogP contribution in [0, 0.1) is 20.8 Å². The number of benzene rings is 1. The molecule has 0 aliphatic rings. The minimum absolute atomic E-state index is 0.289. The predicted octanol–water partition coefficient (Wildman–Crippen LogP) is 2.75. The topological polar surface area (TPSA) is 29.1 Å². The van der Waals surface area contributed by atoms with Crippen LogP contribution in [-0.4, -0.2) is 5.24 Å². The van der Waals surface area contributed by atoms with Crippen molar-refractivity contribution >= 4 is 17.9 Å². The summed E-state index contributed by atoms with van der Waals surface area (Å²) in [6.45, 7) is 6.76. The Hall–Kier alpha value is -0.960. The van der Waals surface area contributed by atoms with Crippen LogP contribution in [0.25, 0.3) is 0 Å². The zero-order chi connectivity index (χ0) is 10.7. The van der Waals surface area contributed by atoms with Gasteiger partial charge in [0.2, 0.25) is 0 Å². The van der Waals surface area contributed by atoms with Crippen molar-refractivity contribution in [1.29, 1.82) is 0 Å². The Labute approximate surface area is 90.1 Å². The van der Waals surface area contributed by atoms with E-state index in [-0.39, 0.29) is 5.24 Å². The van der Waals surface area contributed by atoms with Gasteiger partial charge in [-0.05, 0) is 43.0 Å². The fourth-order valence-electron chi connectivity index (χ4n) is 1.38. The van der Waals surface area contributed by atoms with Crippen molar-refractivity contribution in [2.24, 2.45) is 0 Å². The Morgan fingerprint density at radius 3 is 2.36 bits per heavy atom. The number of hydrogen-bond donors (Lipinski definition) is 2. The van der Waals surface area contributed by atoms with Crippen molar-refractivity contribution < 1.29 is 4.79 Å². The summed E-state index contributed by atoms with van der Waals surface area (Å²) in [5.41, 5.74) is 4.88. The van der Waals surface area contributed by atoms with E-state index >= 15 is 0 Å². The highest BCUT2D eigenvalue weighted by Crippen LogP contribution is 2.15. The molecule has 0 atom stereocenters. The third-order valence-electron chi connectivity index (χ3n) is 2.38. The fourth-order valence-corrected chi connectivity index (χ4v) is 1.46. The zero-order valence-electron chi connectivity index (χ0n) is 8.72. The summed E-state index contributed by atoms with van der Waals surface area (Å²) < 4.78 is 0. The molecular formula is C11H15NOS. The maximum atomic E-state index is 10.6. The molecule has 0 aliphatic heterocycles. The van der Waals surface area contributed by atoms with E-state index in [1.807, 2.05) is 6.92 Å². The van der Waals surface area contributed by atoms with Crippen LogP contribution >= 0.6 is 12.6 Å². The molecule has 0 saturated carbocycles. The van der Waals surface area contributed by atoms with E-state index in [4.69, 9.17) is 0 Å². The molecule has 1 aromatic rings. The Kier molecular flexibility index (Phi) is 3.58. The average Bonchev–Trinajstić information content (AvgIpc) is 2.09. The SMILES string of the molecule is Cc1cc(C)c(CNC(=O)S)cc1C. The Morgan fingerprint density at radius 2 is 1.79 bits per heavy atom. The summed E-state index contributed by atoms with van der Waals surface area (Å²) >= 11 is 3.66. The highest BCUT2D eigenvalue weighted by atomic mass is 32.1. The van der Waals surface area contributed by atoms with Crippen LogP contribution in [0.15, 0.2) is 12.1 Å². The van der Waals surface area contributed by atoms with Crippen LogP contribution in [0.5, 0.6) is 0 Å². The Balaban J connectivity index is 2.87. The molecule has 0 spiro atoms. The third kappa shape index (κ3) is 2.77. The number of thiol groups is 1. The predicted molar refractivity (Wildman–Crippen MR) is 61.9 cm³/mol. The van der Waals surface area contributed by atoms with Gasteiger partial charge in [-0.3, -0.25) is 4.79 Å². The lowest BCUT2D eigenvalue weighted by atomic mass is 10.0. The Morgan fingerprint density at radius 1 is 1.21 bits per heavy atom. The van der Waals surface area contributed by atoms with Crippen LogP contribution in [0.1, 0.15) is 22.3 Å². The van der Waals surface area contributed by atoms with Gasteiger partial charge in [-0.2, -0.15) is 0 Å². The van der Waals surface area contributed by atoms with Gasteiger partial charge >= 0.3 is 0 Å². The van der Waals surface area contributed by atoms with Crippen LogP contribution in [0.2, 0.25) is 0 Å². The molecule has 3 heteroatoms. The van der Waals surface area contributed by atoms with E-state index in [2.05, 4.69) is 43.9 Å². The van der Waals surface area contributed by atoms with Gasteiger partial charge in [0.15, 0.2) is 0 Å². The molecular weight excluding hydrogens is 194 g/mol. The standard InChI is InChI=1S/C11H15NOS/c1-7-4-9(3)10(5-8(7)2)6-12-11(13)14/h4-5H,6H2,1-3H3,(H2,12,13,14). The van der Waals surface area contributed by atoms with Crippen LogP contribution in [-0.2, 0) is 6.54 Å². The lowest BCUT2D eigenvalue weighted by molar-refractivity contribution is 0.260. The molecule has 2 nitrogen and oxygen atoms in total. The highest BCUT2D eigenvalue weighted by molar-refractivity contribution is 7.96. The smallest absolute Gasteiger partial charge is 0.276 e. The van der Waals surface area contributed by atoms with Gasteiger partial charge < -0.3 is 5.32 Å². The molecule has 1 amide bonds. The summed E-state index contributed by atoms with van der Waals surface area (Å²) in [6.07, 6.45) is 0. The van der Waals surface area contributed by atoms with Gasteiger partial charge in [0.25, 0.3) is 5.24 Å². The molecule has 0 aliphatic carbocycles. The summed E-state index contributed by atoms with van der Waals surface area (Å²) in [7, 11) is 0. The molecule has 1 aromatic carbocycles. The lowest BCUT2D eigenvalue weighted by Gasteiger charge is -2.09. The second-order valence-corrected chi connectivity index (χ2v) is 3.93. The van der Waals surface area contributed by atoms with E-state index in [0.29, 0.717) is 6.54 Å². The quantitative estimate of drug-likeness (QED) is 0.720. The van der Waals surface area contributed by atoms with Crippen molar-refractivity contribution in [2.45, 2.75) is 27.3 Å². The average molecular weight is 209 g/mol. The third-order valence-corrected chi connectivity index (χ3v) is 2.54. The first kappa shape index (κ1) is 11.1. The minimum atomic E-state index is -0.289. The zero-order valence-corrected chi connectivity index (χ0v) is 9.61. The van der Waals surface area contributed by atoms with E-state index in [1.165, 1.54) is 16.7 Å². The molecule has 0 aromatic heterocycles. The summed E-state index contributed by atoms with van der Waals surface area (Å²) in [5, 5.41) is 2.39. The van der Waals surface area contributed by atoms with Gasteiger partial charge in [-0.15, -0.1) is 0 Å². The first-order chi connectivity index (χ1) is 6.50. The van der Waals surface area contributed by atoms with Crippen LogP contribution in [0.4, 0.5) is 4.79 Å². The summed E-state index contributed by atoms with van der Waals surface area (Å²) in [4.78, 5) is 10.6. The number of amides is 1. The second-order valence-electron chi connectivity index (χ2n) is 3.52. The monoisotopic (exact) mass is 209 g/mol. The highest BCUT2D eigenvalue weighted by Gasteiger charge is 2.02. The molecule has 1 N–H and O–H groups in total. The molecule has 0 radical (unpaired) electrons. The van der Waals surface area contributed by atoms with Gasteiger partial charge in [0.1, 0.15) is 0 Å². The molecule has 14 heavy (non-hydrogen) atoms. The summed E-state index contributed by atoms with van der Waals surface area (Å²) in [6, 6.07) is 4.24. The molecule has 0 saturated heterocycles. The van der Waals surface area contributed by atoms with Gasteiger partial charge in [0.05, 0.1) is 0 Å². The number of carbonyl (C=O) groups is 1. The molecule has 0 unspecified atom stereocenters. The van der Waals surface area contributed by atoms with Gasteiger partial charge in [0, 0.05) is 6.54 Å². The number of hydrogen-bond acceptors (Lipinski definition) is 1. The largest absolute Gasteiger partial charge is 0.343 e. The maximum absolute atomic E-state index is 10.6. The molecule has 0 heterocycles. The Bertz CT molecular complexity index is 361. The number of carbonyl (C=O) groups excluding carboxylic acids is 1. The number of rotatable bonds is 2. The van der Waals surface area contributed by atoms with E-state index < -0.39 is 0 Å². The van der Waals surface area contributed by atoms with Crippen molar-refractivity contribution in [3.05, 3.63) is 34.4 Å². The van der Waals surface area contributed by atoms with Crippen LogP contribution < -0.4 is 5.32 Å². The number of nitrogens with one attached hydrogen (secondary N) is 1. The van der Waals surface area contributed by atoms with E-state index in [0.717, 1.165) is 5.56 Å². The first-order valence-electron chi connectivity index (χ1n) is 4.54. The lowest BCUT2D eigenvalue weighted by Crippen LogP contribution is -2.16. The normalized spacial score (nSPS) is 10.0. The maximum Gasteiger partial charge on any atom is 0.276 e. The second kappa shape index (κ2) is 4.51. The molecule has 0 fully saturated rings. The van der Waals surface area contributed by atoms with Gasteiger partial charge in [-0.25, -0.2) is 0 Å². The van der Waals surface area contributed by atoms with Crippen molar-refractivity contribution in [3.8, 4) is 0 Å². The van der Waals surface area contributed by atoms with Crippen molar-refractivity contribution in [3.63, 3.8) is 0 Å². The van der Waals surface area contributed by atoms with E-state index in [1.54, 1.807) is 0 Å². The fraction of sp³-hybridized carbons (Fsp3) is 0.364. The van der Waals surface area contributed by atoms with Crippen molar-refractivity contribution in [2.75, 3.05) is 0 Å². The number of aryl methyl sites for hydroxylation is 3. The summed E-state index contributed by atoms with van der Waals surface area (Å²) in [5.74, 6) is 0. The van der Waals surface area contributed by atoms with E-state index in [9.17, 15) is 4.79 Å². The molecule has 76 valence electrons. The van der Waals surface area contributed by atoms with Crippen molar-refractivity contribution in [1.82, 2.24) is 5.32 Å². The first-order valence-corrected chi connectivity index (χ1v) is 4.99. The van der Waals surface area contributed by atoms with Crippen LogP contribution in [0.3, 0.4) is 0 Å².